The van der Waals surface area contributed by atoms with E-state index in [1.165, 1.54) is 10.8 Å². The van der Waals surface area contributed by atoms with Crippen LogP contribution in [0.25, 0.3) is 21.7 Å². The lowest BCUT2D eigenvalue weighted by Gasteiger charge is -2.07. The van der Waals surface area contributed by atoms with Crippen LogP contribution in [0.1, 0.15) is 16.1 Å². The summed E-state index contributed by atoms with van der Waals surface area (Å²) in [4.78, 5) is 15.5. The quantitative estimate of drug-likeness (QED) is 0.583. The summed E-state index contributed by atoms with van der Waals surface area (Å²) in [7, 11) is 0. The number of hydrogen-bond acceptors (Lipinski definition) is 1. The van der Waals surface area contributed by atoms with Crippen molar-refractivity contribution in [1.82, 2.24) is 10.3 Å². The molecule has 0 unspecified atom stereocenters. The number of hydrogen-bond donors (Lipinski definition) is 2. The first-order valence-electron chi connectivity index (χ1n) is 7.64. The molecular formula is C20H16N2O. The van der Waals surface area contributed by atoms with E-state index >= 15 is 0 Å². The van der Waals surface area contributed by atoms with Gasteiger partial charge in [-0.15, -0.1) is 0 Å². The van der Waals surface area contributed by atoms with Gasteiger partial charge < -0.3 is 10.3 Å². The van der Waals surface area contributed by atoms with Crippen LogP contribution in [0.2, 0.25) is 0 Å². The van der Waals surface area contributed by atoms with Crippen molar-refractivity contribution in [2.24, 2.45) is 0 Å². The minimum Gasteiger partial charge on any atom is -0.351 e. The molecule has 3 nitrogen and oxygen atoms in total. The molecule has 0 bridgehead atoms. The van der Waals surface area contributed by atoms with Gasteiger partial charge in [0.25, 0.3) is 5.91 Å². The van der Waals surface area contributed by atoms with Gasteiger partial charge in [-0.05, 0) is 28.5 Å². The predicted octanol–water partition coefficient (Wildman–Crippen LogP) is 4.25. The number of carbonyl (C=O) groups is 1. The predicted molar refractivity (Wildman–Crippen MR) is 93.4 cm³/mol. The van der Waals surface area contributed by atoms with E-state index in [-0.39, 0.29) is 5.91 Å². The lowest BCUT2D eigenvalue weighted by Crippen LogP contribution is -2.23. The first kappa shape index (κ1) is 13.6. The maximum atomic E-state index is 12.4. The van der Waals surface area contributed by atoms with E-state index < -0.39 is 0 Å². The van der Waals surface area contributed by atoms with E-state index in [0.29, 0.717) is 12.2 Å². The van der Waals surface area contributed by atoms with Crippen molar-refractivity contribution in [3.8, 4) is 0 Å². The summed E-state index contributed by atoms with van der Waals surface area (Å²) in [6.45, 7) is 0.509. The van der Waals surface area contributed by atoms with Gasteiger partial charge in [0, 0.05) is 17.4 Å². The third-order valence-electron chi connectivity index (χ3n) is 4.09. The van der Waals surface area contributed by atoms with E-state index in [1.54, 1.807) is 0 Å². The van der Waals surface area contributed by atoms with Gasteiger partial charge in [-0.1, -0.05) is 60.7 Å². The largest absolute Gasteiger partial charge is 0.351 e. The van der Waals surface area contributed by atoms with Gasteiger partial charge in [0.2, 0.25) is 0 Å². The molecule has 0 spiro atoms. The average Bonchev–Trinajstić information content (AvgIpc) is 3.04. The number of nitrogens with one attached hydrogen (secondary N) is 2. The standard InChI is InChI=1S/C20H16N2O/c23-20(19-12-15-7-2-4-11-18(15)22-19)21-13-16-9-5-8-14-6-1-3-10-17(14)16/h1-12,22H,13H2,(H,21,23). The second kappa shape index (κ2) is 5.61. The van der Waals surface area contributed by atoms with E-state index in [0.717, 1.165) is 16.5 Å². The third-order valence-corrected chi connectivity index (χ3v) is 4.09. The summed E-state index contributed by atoms with van der Waals surface area (Å²) in [5, 5.41) is 6.40. The monoisotopic (exact) mass is 300 g/mol. The van der Waals surface area contributed by atoms with Gasteiger partial charge in [-0.2, -0.15) is 0 Å². The van der Waals surface area contributed by atoms with E-state index in [2.05, 4.69) is 28.5 Å². The second-order valence-corrected chi connectivity index (χ2v) is 5.59. The number of aromatic nitrogens is 1. The number of para-hydroxylation sites is 1. The van der Waals surface area contributed by atoms with Crippen LogP contribution in [0.4, 0.5) is 0 Å². The summed E-state index contributed by atoms with van der Waals surface area (Å²) in [6.07, 6.45) is 0. The molecule has 0 aliphatic carbocycles. The van der Waals surface area contributed by atoms with Crippen molar-refractivity contribution in [2.75, 3.05) is 0 Å². The maximum absolute atomic E-state index is 12.4. The highest BCUT2D eigenvalue weighted by atomic mass is 16.1. The molecule has 4 aromatic rings. The highest BCUT2D eigenvalue weighted by Crippen LogP contribution is 2.19. The van der Waals surface area contributed by atoms with Gasteiger partial charge in [-0.3, -0.25) is 4.79 Å². The highest BCUT2D eigenvalue weighted by molar-refractivity contribution is 5.98. The molecule has 3 heteroatoms. The molecule has 0 saturated heterocycles. The Morgan fingerprint density at radius 3 is 2.48 bits per heavy atom. The minimum atomic E-state index is -0.0888. The summed E-state index contributed by atoms with van der Waals surface area (Å²) < 4.78 is 0. The van der Waals surface area contributed by atoms with Gasteiger partial charge in [0.15, 0.2) is 0 Å². The maximum Gasteiger partial charge on any atom is 0.267 e. The van der Waals surface area contributed by atoms with Crippen LogP contribution >= 0.6 is 0 Å². The van der Waals surface area contributed by atoms with E-state index in [4.69, 9.17) is 0 Å². The van der Waals surface area contributed by atoms with E-state index in [1.807, 2.05) is 54.6 Å². The number of H-pyrrole nitrogens is 1. The second-order valence-electron chi connectivity index (χ2n) is 5.59. The Bertz CT molecular complexity index is 962. The zero-order valence-electron chi connectivity index (χ0n) is 12.5. The number of benzene rings is 3. The molecule has 1 heterocycles. The SMILES string of the molecule is O=C(NCc1cccc2ccccc12)c1cc2ccccc2[nH]1. The third kappa shape index (κ3) is 2.57. The molecule has 1 amide bonds. The molecule has 0 radical (unpaired) electrons. The summed E-state index contributed by atoms with van der Waals surface area (Å²) in [5.74, 6) is -0.0888. The number of amides is 1. The summed E-state index contributed by atoms with van der Waals surface area (Å²) in [5.41, 5.74) is 2.68. The molecule has 2 N–H and O–H groups in total. The Balaban J connectivity index is 1.57. The zero-order valence-corrected chi connectivity index (χ0v) is 12.5. The fourth-order valence-corrected chi connectivity index (χ4v) is 2.91. The fourth-order valence-electron chi connectivity index (χ4n) is 2.91. The molecule has 3 aromatic carbocycles. The van der Waals surface area contributed by atoms with Crippen molar-refractivity contribution in [2.45, 2.75) is 6.54 Å². The Hall–Kier alpha value is -3.07. The molecular weight excluding hydrogens is 284 g/mol. The van der Waals surface area contributed by atoms with Gasteiger partial charge in [-0.25, -0.2) is 0 Å². The molecule has 0 atom stereocenters. The normalized spacial score (nSPS) is 11.0. The molecule has 4 rings (SSSR count). The fraction of sp³-hybridized carbons (Fsp3) is 0.0500. The average molecular weight is 300 g/mol. The van der Waals surface area contributed by atoms with Gasteiger partial charge >= 0.3 is 0 Å². The van der Waals surface area contributed by atoms with Crippen LogP contribution in [0, 0.1) is 0 Å². The van der Waals surface area contributed by atoms with Crippen molar-refractivity contribution >= 4 is 27.6 Å². The van der Waals surface area contributed by atoms with Crippen LogP contribution < -0.4 is 5.32 Å². The Morgan fingerprint density at radius 1 is 0.870 bits per heavy atom. The number of rotatable bonds is 3. The van der Waals surface area contributed by atoms with Crippen LogP contribution in [0.5, 0.6) is 0 Å². The smallest absolute Gasteiger partial charge is 0.267 e. The van der Waals surface area contributed by atoms with Crippen LogP contribution in [0.3, 0.4) is 0 Å². The number of aromatic amines is 1. The minimum absolute atomic E-state index is 0.0888. The summed E-state index contributed by atoms with van der Waals surface area (Å²) in [6, 6.07) is 24.1. The Morgan fingerprint density at radius 2 is 1.61 bits per heavy atom. The van der Waals surface area contributed by atoms with E-state index in [9.17, 15) is 4.79 Å². The zero-order chi connectivity index (χ0) is 15.6. The van der Waals surface area contributed by atoms with Gasteiger partial charge in [0.1, 0.15) is 5.69 Å². The lowest BCUT2D eigenvalue weighted by molar-refractivity contribution is 0.0947. The molecule has 0 saturated carbocycles. The number of fused-ring (bicyclic) bond motifs is 2. The van der Waals surface area contributed by atoms with Crippen LogP contribution in [-0.2, 0) is 6.54 Å². The van der Waals surface area contributed by atoms with Gasteiger partial charge in [0.05, 0.1) is 0 Å². The first-order valence-corrected chi connectivity index (χ1v) is 7.64. The van der Waals surface area contributed by atoms with Crippen LogP contribution in [0.15, 0.2) is 72.8 Å². The Kier molecular flexibility index (Phi) is 3.31. The van der Waals surface area contributed by atoms with Crippen molar-refractivity contribution in [3.63, 3.8) is 0 Å². The van der Waals surface area contributed by atoms with Crippen molar-refractivity contribution in [3.05, 3.63) is 84.1 Å². The topological polar surface area (TPSA) is 44.9 Å². The Labute approximate surface area is 134 Å². The van der Waals surface area contributed by atoms with Crippen LogP contribution in [-0.4, -0.2) is 10.9 Å². The lowest BCUT2D eigenvalue weighted by atomic mass is 10.0. The molecule has 0 fully saturated rings. The molecule has 23 heavy (non-hydrogen) atoms. The molecule has 0 aliphatic heterocycles. The van der Waals surface area contributed by atoms with Crippen molar-refractivity contribution in [1.29, 1.82) is 0 Å². The molecule has 112 valence electrons. The van der Waals surface area contributed by atoms with Crippen molar-refractivity contribution < 1.29 is 4.79 Å². The molecule has 1 aromatic heterocycles. The summed E-state index contributed by atoms with van der Waals surface area (Å²) >= 11 is 0. The highest BCUT2D eigenvalue weighted by Gasteiger charge is 2.09. The number of carbonyl (C=O) groups excluding carboxylic acids is 1. The first-order chi connectivity index (χ1) is 11.3. The molecule has 0 aliphatic rings.